The number of carbonyl (C=O) groups excluding carboxylic acids is 2. The summed E-state index contributed by atoms with van der Waals surface area (Å²) >= 11 is 7.66. The van der Waals surface area contributed by atoms with Crippen LogP contribution in [0.15, 0.2) is 72.8 Å². The molecule has 11 heteroatoms. The number of fused-ring (bicyclic) bond motifs is 1. The van der Waals surface area contributed by atoms with Crippen LogP contribution in [0.1, 0.15) is 16.4 Å². The molecule has 2 aliphatic heterocycles. The second-order valence-corrected chi connectivity index (χ2v) is 11.4. The number of anilines is 1. The minimum absolute atomic E-state index is 0.121. The standard InChI is InChI=1S/C31H28ClFN4O4S/c1-40-25-12-10-24(11-13-25)37-31-28(29(34-37)20-2-6-22(32)7-3-20)30(21-4-8-23(33)9-5-21)42-19-27(39)36(31)18-26(38)35-14-16-41-17-15-35/h2-13,30H,14-19H2,1H3/t30-/m0/s1. The van der Waals surface area contributed by atoms with Crippen LogP contribution in [0.2, 0.25) is 5.02 Å². The fourth-order valence-corrected chi connectivity index (χ4v) is 6.52. The largest absolute Gasteiger partial charge is 0.497 e. The molecule has 2 amide bonds. The first-order valence-corrected chi connectivity index (χ1v) is 14.9. The van der Waals surface area contributed by atoms with Gasteiger partial charge in [-0.2, -0.15) is 5.10 Å². The van der Waals surface area contributed by atoms with Crippen molar-refractivity contribution in [3.63, 3.8) is 0 Å². The Hall–Kier alpha value is -3.86. The van der Waals surface area contributed by atoms with E-state index in [0.717, 1.165) is 16.7 Å². The van der Waals surface area contributed by atoms with Gasteiger partial charge < -0.3 is 14.4 Å². The molecule has 0 spiro atoms. The maximum atomic E-state index is 14.0. The van der Waals surface area contributed by atoms with Crippen molar-refractivity contribution < 1.29 is 23.5 Å². The number of nitrogens with zero attached hydrogens (tertiary/aromatic N) is 4. The van der Waals surface area contributed by atoms with E-state index in [4.69, 9.17) is 26.2 Å². The van der Waals surface area contributed by atoms with Crippen molar-refractivity contribution in [3.8, 4) is 22.7 Å². The van der Waals surface area contributed by atoms with Crippen molar-refractivity contribution in [2.75, 3.05) is 50.6 Å². The van der Waals surface area contributed by atoms with Gasteiger partial charge in [0.2, 0.25) is 11.8 Å². The lowest BCUT2D eigenvalue weighted by Crippen LogP contribution is -2.48. The molecule has 4 aromatic rings. The number of carbonyl (C=O) groups is 2. The first-order chi connectivity index (χ1) is 20.4. The Kier molecular flexibility index (Phi) is 8.19. The molecule has 8 nitrogen and oxygen atoms in total. The van der Waals surface area contributed by atoms with E-state index in [1.165, 1.54) is 23.9 Å². The Bertz CT molecular complexity index is 1590. The molecule has 216 valence electrons. The lowest BCUT2D eigenvalue weighted by atomic mass is 9.99. The summed E-state index contributed by atoms with van der Waals surface area (Å²) < 4.78 is 26.5. The van der Waals surface area contributed by atoms with Gasteiger partial charge in [0, 0.05) is 29.2 Å². The smallest absolute Gasteiger partial charge is 0.242 e. The van der Waals surface area contributed by atoms with E-state index < -0.39 is 0 Å². The quantitative estimate of drug-likeness (QED) is 0.294. The number of halogens is 2. The third-order valence-electron chi connectivity index (χ3n) is 7.35. The van der Waals surface area contributed by atoms with E-state index in [2.05, 4.69) is 0 Å². The Morgan fingerprint density at radius 1 is 1.05 bits per heavy atom. The highest BCUT2D eigenvalue weighted by Gasteiger charge is 2.38. The summed E-state index contributed by atoms with van der Waals surface area (Å²) in [6, 6.07) is 21.0. The van der Waals surface area contributed by atoms with E-state index >= 15 is 0 Å². The van der Waals surface area contributed by atoms with E-state index in [1.807, 2.05) is 36.4 Å². The number of morpholine rings is 1. The summed E-state index contributed by atoms with van der Waals surface area (Å²) in [5.74, 6) is 0.554. The summed E-state index contributed by atoms with van der Waals surface area (Å²) in [5.41, 5.74) is 3.70. The minimum Gasteiger partial charge on any atom is -0.497 e. The first kappa shape index (κ1) is 28.3. The molecule has 1 atom stereocenters. The number of aromatic nitrogens is 2. The molecule has 42 heavy (non-hydrogen) atoms. The number of ether oxygens (including phenoxy) is 2. The molecule has 2 aliphatic rings. The van der Waals surface area contributed by atoms with Crippen molar-refractivity contribution in [2.45, 2.75) is 5.25 Å². The van der Waals surface area contributed by atoms with E-state index in [-0.39, 0.29) is 35.2 Å². The molecule has 0 bridgehead atoms. The molecule has 0 radical (unpaired) electrons. The summed E-state index contributed by atoms with van der Waals surface area (Å²) in [6.07, 6.45) is 0. The van der Waals surface area contributed by atoms with Crippen LogP contribution in [-0.4, -0.2) is 72.2 Å². The van der Waals surface area contributed by atoms with E-state index in [1.54, 1.807) is 45.9 Å². The lowest BCUT2D eigenvalue weighted by molar-refractivity contribution is -0.134. The number of hydrogen-bond acceptors (Lipinski definition) is 6. The summed E-state index contributed by atoms with van der Waals surface area (Å²) in [6.45, 7) is 1.70. The molecule has 3 aromatic carbocycles. The third-order valence-corrected chi connectivity index (χ3v) is 8.86. The highest BCUT2D eigenvalue weighted by atomic mass is 35.5. The van der Waals surface area contributed by atoms with Crippen molar-refractivity contribution in [3.05, 3.63) is 94.8 Å². The van der Waals surface area contributed by atoms with Crippen LogP contribution in [0.3, 0.4) is 0 Å². The molecular weight excluding hydrogens is 579 g/mol. The van der Waals surface area contributed by atoms with Crippen LogP contribution in [0.4, 0.5) is 10.2 Å². The van der Waals surface area contributed by atoms with Crippen molar-refractivity contribution >= 4 is 41.0 Å². The molecular formula is C31H28ClFN4O4S. The van der Waals surface area contributed by atoms with Gasteiger partial charge in [0.05, 0.1) is 42.7 Å². The molecule has 1 aromatic heterocycles. The number of hydrogen-bond donors (Lipinski definition) is 0. The maximum Gasteiger partial charge on any atom is 0.242 e. The fraction of sp³-hybridized carbons (Fsp3) is 0.258. The van der Waals surface area contributed by atoms with Crippen LogP contribution >= 0.6 is 23.4 Å². The SMILES string of the molecule is COc1ccc(-n2nc(-c3ccc(Cl)cc3)c3c2N(CC(=O)N2CCOCC2)C(=O)CS[C@H]3c2ccc(F)cc2)cc1. The lowest BCUT2D eigenvalue weighted by Gasteiger charge is -2.30. The van der Waals surface area contributed by atoms with Gasteiger partial charge in [-0.25, -0.2) is 9.07 Å². The first-order valence-electron chi connectivity index (χ1n) is 13.5. The third kappa shape index (κ3) is 5.62. The zero-order chi connectivity index (χ0) is 29.2. The Balaban J connectivity index is 1.58. The number of rotatable bonds is 6. The van der Waals surface area contributed by atoms with Crippen molar-refractivity contribution in [1.29, 1.82) is 0 Å². The maximum absolute atomic E-state index is 14.0. The average molecular weight is 607 g/mol. The molecule has 1 saturated heterocycles. The fourth-order valence-electron chi connectivity index (χ4n) is 5.19. The Labute approximate surface area is 252 Å². The zero-order valence-electron chi connectivity index (χ0n) is 22.8. The van der Waals surface area contributed by atoms with E-state index in [9.17, 15) is 14.0 Å². The van der Waals surface area contributed by atoms with Crippen molar-refractivity contribution in [1.82, 2.24) is 14.7 Å². The molecule has 0 N–H and O–H groups in total. The molecule has 1 fully saturated rings. The zero-order valence-corrected chi connectivity index (χ0v) is 24.4. The summed E-state index contributed by atoms with van der Waals surface area (Å²) in [5, 5.41) is 5.27. The topological polar surface area (TPSA) is 76.9 Å². The number of benzene rings is 3. The normalized spacial score (nSPS) is 17.1. The van der Waals surface area contributed by atoms with Crippen LogP contribution < -0.4 is 9.64 Å². The highest BCUT2D eigenvalue weighted by molar-refractivity contribution is 8.00. The number of thioether (sulfide) groups is 1. The molecule has 0 aliphatic carbocycles. The molecule has 0 saturated carbocycles. The van der Waals surface area contributed by atoms with Crippen LogP contribution in [0.5, 0.6) is 5.75 Å². The number of methoxy groups -OCH3 is 1. The van der Waals surface area contributed by atoms with Crippen LogP contribution in [0.25, 0.3) is 16.9 Å². The summed E-state index contributed by atoms with van der Waals surface area (Å²) in [7, 11) is 1.59. The van der Waals surface area contributed by atoms with Crippen LogP contribution in [0, 0.1) is 5.82 Å². The van der Waals surface area contributed by atoms with Gasteiger partial charge in [-0.15, -0.1) is 11.8 Å². The van der Waals surface area contributed by atoms with Gasteiger partial charge in [-0.1, -0.05) is 35.9 Å². The van der Waals surface area contributed by atoms with Gasteiger partial charge in [-0.05, 0) is 54.1 Å². The minimum atomic E-state index is -0.370. The second-order valence-electron chi connectivity index (χ2n) is 9.92. The van der Waals surface area contributed by atoms with Gasteiger partial charge in [0.25, 0.3) is 0 Å². The monoisotopic (exact) mass is 606 g/mol. The highest BCUT2D eigenvalue weighted by Crippen LogP contribution is 2.48. The van der Waals surface area contributed by atoms with Gasteiger partial charge in [0.15, 0.2) is 0 Å². The molecule has 6 rings (SSSR count). The Morgan fingerprint density at radius 2 is 1.74 bits per heavy atom. The van der Waals surface area contributed by atoms with Gasteiger partial charge >= 0.3 is 0 Å². The second kappa shape index (κ2) is 12.2. The van der Waals surface area contributed by atoms with Crippen LogP contribution in [-0.2, 0) is 14.3 Å². The van der Waals surface area contributed by atoms with Crippen molar-refractivity contribution in [2.24, 2.45) is 0 Å². The Morgan fingerprint density at radius 3 is 2.40 bits per heavy atom. The van der Waals surface area contributed by atoms with Gasteiger partial charge in [-0.3, -0.25) is 14.5 Å². The summed E-state index contributed by atoms with van der Waals surface area (Å²) in [4.78, 5) is 30.7. The predicted molar refractivity (Wildman–Crippen MR) is 161 cm³/mol. The van der Waals surface area contributed by atoms with E-state index in [0.29, 0.717) is 54.3 Å². The number of amides is 2. The predicted octanol–water partition coefficient (Wildman–Crippen LogP) is 5.37. The van der Waals surface area contributed by atoms with Gasteiger partial charge in [0.1, 0.15) is 23.9 Å². The molecule has 0 unspecified atom stereocenters. The average Bonchev–Trinajstić information content (AvgIpc) is 3.34. The molecule has 3 heterocycles.